The van der Waals surface area contributed by atoms with Gasteiger partial charge in [0.1, 0.15) is 18.1 Å². The summed E-state index contributed by atoms with van der Waals surface area (Å²) in [5, 5.41) is 12.2. The molecule has 40 heavy (non-hydrogen) atoms. The van der Waals surface area contributed by atoms with Crippen LogP contribution < -0.4 is 11.1 Å². The number of rotatable bonds is 13. The van der Waals surface area contributed by atoms with Gasteiger partial charge in [0.25, 0.3) is 0 Å². The topological polar surface area (TPSA) is 151 Å². The van der Waals surface area contributed by atoms with Crippen LogP contribution in [0.5, 0.6) is 0 Å². The number of Topliss-reactive ketones (excluding diaryl/α,β-unsaturated/α-hetero) is 1. The van der Waals surface area contributed by atoms with E-state index >= 15 is 0 Å². The van der Waals surface area contributed by atoms with Gasteiger partial charge in [-0.15, -0.1) is 0 Å². The van der Waals surface area contributed by atoms with Crippen molar-refractivity contribution in [3.8, 4) is 0 Å². The first kappa shape index (κ1) is 31.5. The summed E-state index contributed by atoms with van der Waals surface area (Å²) in [4.78, 5) is 53.9. The number of carbonyl (C=O) groups is 4. The first-order valence-corrected chi connectivity index (χ1v) is 12.4. The van der Waals surface area contributed by atoms with E-state index in [2.05, 4.69) is 10.3 Å². The Balaban J connectivity index is 2.54. The summed E-state index contributed by atoms with van der Waals surface area (Å²) in [5.41, 5.74) is 7.96. The highest BCUT2D eigenvalue weighted by atomic mass is 35.5. The molecule has 0 aromatic heterocycles. The molecule has 0 radical (unpaired) electrons. The van der Waals surface area contributed by atoms with Crippen LogP contribution in [0.15, 0.2) is 77.3 Å². The van der Waals surface area contributed by atoms with Crippen LogP contribution >= 0.6 is 11.6 Å². The third-order valence-corrected chi connectivity index (χ3v) is 5.99. The van der Waals surface area contributed by atoms with Crippen LogP contribution in [0, 0.1) is 0 Å². The van der Waals surface area contributed by atoms with Crippen LogP contribution in [0.1, 0.15) is 39.6 Å². The number of halogens is 1. The molecule has 2 rings (SSSR count). The van der Waals surface area contributed by atoms with Gasteiger partial charge in [-0.05, 0) is 67.1 Å². The highest BCUT2D eigenvalue weighted by Gasteiger charge is 2.25. The summed E-state index contributed by atoms with van der Waals surface area (Å²) in [7, 11) is 4.60. The van der Waals surface area contributed by atoms with Gasteiger partial charge in [-0.1, -0.05) is 11.6 Å². The van der Waals surface area contributed by atoms with E-state index < -0.39 is 17.9 Å². The number of hydrogen-bond acceptors (Lipinski definition) is 8. The average Bonchev–Trinajstić information content (AvgIpc) is 2.92. The Morgan fingerprint density at radius 3 is 2.38 bits per heavy atom. The molecule has 1 atom stereocenters. The van der Waals surface area contributed by atoms with Crippen molar-refractivity contribution in [2.45, 2.75) is 19.4 Å². The third kappa shape index (κ3) is 8.67. The minimum absolute atomic E-state index is 0.0748. The first-order valence-electron chi connectivity index (χ1n) is 12.0. The van der Waals surface area contributed by atoms with Crippen molar-refractivity contribution in [2.24, 2.45) is 10.7 Å². The molecule has 1 unspecified atom stereocenters. The molecule has 0 aliphatic carbocycles. The lowest BCUT2D eigenvalue weighted by Crippen LogP contribution is -2.40. The largest absolute Gasteiger partial charge is 0.495 e. The van der Waals surface area contributed by atoms with E-state index in [4.69, 9.17) is 27.2 Å². The van der Waals surface area contributed by atoms with Crippen molar-refractivity contribution in [3.63, 3.8) is 0 Å². The quantitative estimate of drug-likeness (QED) is 0.0815. The number of ether oxygens (including phenoxy) is 1. The normalized spacial score (nSPS) is 13.1. The number of hydrogen-bond donors (Lipinski definition) is 3. The first-order chi connectivity index (χ1) is 19.0. The number of allylic oxidation sites excluding steroid dienone is 3. The number of likely N-dealkylation sites (N-methyl/N-ethyl adjacent to an activating group) is 1. The maximum Gasteiger partial charge on any atom is 0.335 e. The SMILES string of the molecule is CN=CC=C(N)CC(C(=O)Nc1ccc(C(=O)O)cc1)N(C)/C=C(OC)\C(=C/C=O)c1cc(Cl)ccc1C(C)=O. The molecule has 1 amide bonds. The van der Waals surface area contributed by atoms with Crippen LogP contribution in [0.3, 0.4) is 0 Å². The Morgan fingerprint density at radius 2 is 1.82 bits per heavy atom. The Hall–Kier alpha value is -4.70. The van der Waals surface area contributed by atoms with Gasteiger partial charge in [-0.3, -0.25) is 19.4 Å². The van der Waals surface area contributed by atoms with Crippen molar-refractivity contribution < 1.29 is 29.0 Å². The minimum Gasteiger partial charge on any atom is -0.495 e. The Morgan fingerprint density at radius 1 is 1.15 bits per heavy atom. The maximum absolute atomic E-state index is 13.4. The third-order valence-electron chi connectivity index (χ3n) is 5.75. The number of nitrogens with two attached hydrogens (primary N) is 1. The molecule has 210 valence electrons. The van der Waals surface area contributed by atoms with Gasteiger partial charge >= 0.3 is 5.97 Å². The molecule has 0 aliphatic heterocycles. The molecular formula is C29H31ClN4O6. The van der Waals surface area contributed by atoms with Crippen LogP contribution in [0.25, 0.3) is 5.57 Å². The number of benzene rings is 2. The molecule has 0 saturated heterocycles. The van der Waals surface area contributed by atoms with Crippen molar-refractivity contribution in [3.05, 3.63) is 94.0 Å². The van der Waals surface area contributed by atoms with Gasteiger partial charge in [0.05, 0.1) is 12.7 Å². The Labute approximate surface area is 237 Å². The lowest BCUT2D eigenvalue weighted by Gasteiger charge is -2.27. The smallest absolute Gasteiger partial charge is 0.335 e. The molecule has 0 aliphatic rings. The molecule has 0 saturated carbocycles. The Kier molecular flexibility index (Phi) is 11.8. The summed E-state index contributed by atoms with van der Waals surface area (Å²) >= 11 is 6.20. The van der Waals surface area contributed by atoms with Gasteiger partial charge in [0, 0.05) is 60.5 Å². The highest BCUT2D eigenvalue weighted by Crippen LogP contribution is 2.30. The zero-order valence-corrected chi connectivity index (χ0v) is 23.3. The second kappa shape index (κ2) is 15.0. The number of amides is 1. The van der Waals surface area contributed by atoms with Gasteiger partial charge in [0.2, 0.25) is 5.91 Å². The van der Waals surface area contributed by atoms with E-state index in [-0.39, 0.29) is 29.1 Å². The molecule has 2 aromatic carbocycles. The second-order valence-electron chi connectivity index (χ2n) is 8.57. The number of ketones is 1. The van der Waals surface area contributed by atoms with E-state index in [9.17, 15) is 19.2 Å². The standard InChI is InChI=1S/C29H31ClN4O6/c1-18(36)23-10-7-20(30)15-25(23)24(12-14-35)27(40-4)17-34(3)26(16-21(31)11-13-32-2)28(37)33-22-8-5-19(6-9-22)29(38)39/h5-15,17,26H,16,31H2,1-4H3,(H,33,37)(H,38,39)/b21-11?,24-12-,27-17+,32-13?. The zero-order chi connectivity index (χ0) is 29.8. The minimum atomic E-state index is -1.09. The van der Waals surface area contributed by atoms with Gasteiger partial charge in [-0.2, -0.15) is 0 Å². The Bertz CT molecular complexity index is 1380. The maximum atomic E-state index is 13.4. The number of aromatic carboxylic acids is 1. The van der Waals surface area contributed by atoms with Crippen LogP contribution in [0.4, 0.5) is 5.69 Å². The summed E-state index contributed by atoms with van der Waals surface area (Å²) in [6.07, 6.45) is 6.46. The van der Waals surface area contributed by atoms with Crippen molar-refractivity contribution in [1.29, 1.82) is 0 Å². The number of aliphatic imine (C=N–C) groups is 1. The predicted molar refractivity (Wildman–Crippen MR) is 155 cm³/mol. The van der Waals surface area contributed by atoms with Gasteiger partial charge in [-0.25, -0.2) is 4.79 Å². The number of methoxy groups -OCH3 is 1. The van der Waals surface area contributed by atoms with Crippen molar-refractivity contribution in [1.82, 2.24) is 4.90 Å². The van der Waals surface area contributed by atoms with Crippen LogP contribution in [0.2, 0.25) is 5.02 Å². The molecule has 4 N–H and O–H groups in total. The number of carboxylic acids is 1. The van der Waals surface area contributed by atoms with Crippen molar-refractivity contribution >= 4 is 53.0 Å². The number of carbonyl (C=O) groups excluding carboxylic acids is 3. The average molecular weight is 567 g/mol. The number of carboxylic acid groups (broad SMARTS) is 1. The molecule has 0 fully saturated rings. The van der Waals surface area contributed by atoms with Gasteiger partial charge in [0.15, 0.2) is 5.78 Å². The highest BCUT2D eigenvalue weighted by molar-refractivity contribution is 6.31. The fraction of sp³-hybridized carbons (Fsp3) is 0.207. The molecular weight excluding hydrogens is 536 g/mol. The van der Waals surface area contributed by atoms with Crippen molar-refractivity contribution in [2.75, 3.05) is 26.5 Å². The van der Waals surface area contributed by atoms with E-state index in [1.807, 2.05) is 0 Å². The zero-order valence-electron chi connectivity index (χ0n) is 22.6. The fourth-order valence-electron chi connectivity index (χ4n) is 3.73. The summed E-state index contributed by atoms with van der Waals surface area (Å²) in [6, 6.07) is 9.50. The molecule has 10 nitrogen and oxygen atoms in total. The number of aldehydes is 1. The lowest BCUT2D eigenvalue weighted by molar-refractivity contribution is -0.120. The van der Waals surface area contributed by atoms with Crippen LogP contribution in [-0.2, 0) is 14.3 Å². The number of nitrogens with zero attached hydrogens (tertiary/aromatic N) is 2. The monoisotopic (exact) mass is 566 g/mol. The summed E-state index contributed by atoms with van der Waals surface area (Å²) in [6.45, 7) is 1.39. The van der Waals surface area contributed by atoms with E-state index in [0.717, 1.165) is 0 Å². The van der Waals surface area contributed by atoms with E-state index in [0.29, 0.717) is 33.8 Å². The predicted octanol–water partition coefficient (Wildman–Crippen LogP) is 4.18. The summed E-state index contributed by atoms with van der Waals surface area (Å²) in [5.74, 6) is -1.60. The van der Waals surface area contributed by atoms with Gasteiger partial charge < -0.3 is 25.8 Å². The van der Waals surface area contributed by atoms with E-state index in [1.165, 1.54) is 56.8 Å². The molecule has 0 spiro atoms. The number of nitrogens with one attached hydrogen (secondary N) is 1. The van der Waals surface area contributed by atoms with Crippen LogP contribution in [-0.4, -0.2) is 67.4 Å². The summed E-state index contributed by atoms with van der Waals surface area (Å²) < 4.78 is 5.60. The fourth-order valence-corrected chi connectivity index (χ4v) is 3.90. The lowest BCUT2D eigenvalue weighted by atomic mass is 9.95. The van der Waals surface area contributed by atoms with E-state index in [1.54, 1.807) is 43.3 Å². The molecule has 11 heteroatoms. The molecule has 0 bridgehead atoms. The second-order valence-corrected chi connectivity index (χ2v) is 9.00. The molecule has 2 aromatic rings. The number of anilines is 1. The molecule has 0 heterocycles.